The summed E-state index contributed by atoms with van der Waals surface area (Å²) >= 11 is 6.16. The number of furan rings is 1. The number of halogens is 1. The molecule has 2 aromatic rings. The molecule has 1 amide bonds. The maximum Gasteiger partial charge on any atom is 0.289 e. The van der Waals surface area contributed by atoms with E-state index in [1.807, 2.05) is 31.0 Å². The number of rotatable bonds is 3. The molecule has 2 heterocycles. The van der Waals surface area contributed by atoms with Crippen LogP contribution in [0, 0.1) is 12.8 Å². The number of para-hydroxylation sites is 1. The lowest BCUT2D eigenvalue weighted by molar-refractivity contribution is 0.0660. The lowest BCUT2D eigenvalue weighted by Gasteiger charge is -2.31. The van der Waals surface area contributed by atoms with Crippen LogP contribution < -0.4 is 5.32 Å². The molecule has 1 saturated heterocycles. The van der Waals surface area contributed by atoms with Gasteiger partial charge in [0.1, 0.15) is 0 Å². The summed E-state index contributed by atoms with van der Waals surface area (Å²) in [5, 5.41) is 4.68. The van der Waals surface area contributed by atoms with E-state index in [0.717, 1.165) is 43.4 Å². The highest BCUT2D eigenvalue weighted by molar-refractivity contribution is 6.35. The molecule has 0 atom stereocenters. The van der Waals surface area contributed by atoms with Gasteiger partial charge < -0.3 is 14.6 Å². The molecule has 0 unspecified atom stereocenters. The van der Waals surface area contributed by atoms with Gasteiger partial charge in [0.2, 0.25) is 0 Å². The first-order valence-corrected chi connectivity index (χ1v) is 8.11. The van der Waals surface area contributed by atoms with Crippen molar-refractivity contribution < 1.29 is 9.21 Å². The molecule has 0 aliphatic carbocycles. The summed E-state index contributed by atoms with van der Waals surface area (Å²) in [5.74, 6) is 1.06. The van der Waals surface area contributed by atoms with Gasteiger partial charge in [0.25, 0.3) is 5.91 Å². The summed E-state index contributed by atoms with van der Waals surface area (Å²) < 4.78 is 5.78. The second kappa shape index (κ2) is 6.31. The van der Waals surface area contributed by atoms with Gasteiger partial charge in [-0.25, -0.2) is 0 Å². The van der Waals surface area contributed by atoms with Crippen molar-refractivity contribution in [1.29, 1.82) is 0 Å². The molecule has 3 rings (SSSR count). The number of aryl methyl sites for hydroxylation is 1. The quantitative estimate of drug-likeness (QED) is 0.942. The van der Waals surface area contributed by atoms with E-state index < -0.39 is 0 Å². The highest BCUT2D eigenvalue weighted by Crippen LogP contribution is 2.31. The Labute approximate surface area is 135 Å². The first kappa shape index (κ1) is 15.4. The summed E-state index contributed by atoms with van der Waals surface area (Å²) in [6.07, 6.45) is 2.07. The summed E-state index contributed by atoms with van der Waals surface area (Å²) in [6, 6.07) is 5.60. The third kappa shape index (κ3) is 2.73. The van der Waals surface area contributed by atoms with Gasteiger partial charge in [-0.15, -0.1) is 0 Å². The van der Waals surface area contributed by atoms with Crippen molar-refractivity contribution >= 4 is 28.5 Å². The Bertz CT molecular complexity index is 687. The van der Waals surface area contributed by atoms with E-state index in [9.17, 15) is 4.79 Å². The van der Waals surface area contributed by atoms with Crippen LogP contribution in [0.25, 0.3) is 11.0 Å². The second-order valence-corrected chi connectivity index (χ2v) is 6.37. The molecule has 1 N–H and O–H groups in total. The van der Waals surface area contributed by atoms with Gasteiger partial charge in [-0.1, -0.05) is 23.7 Å². The molecular weight excluding hydrogens is 300 g/mol. The zero-order valence-electron chi connectivity index (χ0n) is 13.0. The van der Waals surface area contributed by atoms with Crippen LogP contribution in [0.2, 0.25) is 5.02 Å². The van der Waals surface area contributed by atoms with Gasteiger partial charge >= 0.3 is 0 Å². The minimum atomic E-state index is -0.0207. The van der Waals surface area contributed by atoms with E-state index in [-0.39, 0.29) is 5.91 Å². The van der Waals surface area contributed by atoms with Gasteiger partial charge in [0, 0.05) is 24.0 Å². The molecule has 0 bridgehead atoms. The summed E-state index contributed by atoms with van der Waals surface area (Å²) in [6.45, 7) is 4.51. The standard InChI is InChI=1S/C17H21ClN2O2/c1-11-13-4-3-5-14(18)16(13)22-15(11)17(21)20-8-6-12(7-9-20)10-19-2/h3-5,12,19H,6-10H2,1-2H3. The molecular formula is C17H21ClN2O2. The van der Waals surface area contributed by atoms with E-state index in [4.69, 9.17) is 16.0 Å². The van der Waals surface area contributed by atoms with Crippen molar-refractivity contribution in [2.75, 3.05) is 26.7 Å². The molecule has 118 valence electrons. The van der Waals surface area contributed by atoms with Gasteiger partial charge in [-0.2, -0.15) is 0 Å². The number of likely N-dealkylation sites (tertiary alicyclic amines) is 1. The Balaban J connectivity index is 1.81. The molecule has 0 spiro atoms. The Morgan fingerprint density at radius 1 is 1.41 bits per heavy atom. The second-order valence-electron chi connectivity index (χ2n) is 5.97. The Morgan fingerprint density at radius 2 is 2.14 bits per heavy atom. The number of hydrogen-bond acceptors (Lipinski definition) is 3. The van der Waals surface area contributed by atoms with E-state index in [0.29, 0.717) is 22.3 Å². The predicted molar refractivity (Wildman–Crippen MR) is 88.5 cm³/mol. The van der Waals surface area contributed by atoms with Crippen LogP contribution in [0.3, 0.4) is 0 Å². The molecule has 0 saturated carbocycles. The first-order valence-electron chi connectivity index (χ1n) is 7.73. The van der Waals surface area contributed by atoms with Crippen molar-refractivity contribution in [2.24, 2.45) is 5.92 Å². The Morgan fingerprint density at radius 3 is 2.77 bits per heavy atom. The van der Waals surface area contributed by atoms with Crippen LogP contribution >= 0.6 is 11.6 Å². The average molecular weight is 321 g/mol. The molecule has 0 radical (unpaired) electrons. The van der Waals surface area contributed by atoms with Crippen molar-refractivity contribution in [3.8, 4) is 0 Å². The smallest absolute Gasteiger partial charge is 0.289 e. The van der Waals surface area contributed by atoms with Crippen LogP contribution in [-0.4, -0.2) is 37.5 Å². The van der Waals surface area contributed by atoms with E-state index in [1.165, 1.54) is 0 Å². The van der Waals surface area contributed by atoms with Crippen LogP contribution in [-0.2, 0) is 0 Å². The monoisotopic (exact) mass is 320 g/mol. The van der Waals surface area contributed by atoms with Crippen LogP contribution in [0.5, 0.6) is 0 Å². The largest absolute Gasteiger partial charge is 0.449 e. The Hall–Kier alpha value is -1.52. The topological polar surface area (TPSA) is 45.5 Å². The number of fused-ring (bicyclic) bond motifs is 1. The third-order valence-electron chi connectivity index (χ3n) is 4.50. The van der Waals surface area contributed by atoms with Crippen LogP contribution in [0.4, 0.5) is 0 Å². The fourth-order valence-electron chi connectivity index (χ4n) is 3.19. The first-order chi connectivity index (χ1) is 10.6. The maximum atomic E-state index is 12.7. The molecule has 1 aromatic carbocycles. The fraction of sp³-hybridized carbons (Fsp3) is 0.471. The van der Waals surface area contributed by atoms with Crippen LogP contribution in [0.1, 0.15) is 29.0 Å². The fourth-order valence-corrected chi connectivity index (χ4v) is 3.40. The molecule has 1 fully saturated rings. The summed E-state index contributed by atoms with van der Waals surface area (Å²) in [5.41, 5.74) is 1.48. The van der Waals surface area contributed by atoms with E-state index >= 15 is 0 Å². The van der Waals surface area contributed by atoms with E-state index in [2.05, 4.69) is 5.32 Å². The van der Waals surface area contributed by atoms with Gasteiger partial charge in [0.15, 0.2) is 11.3 Å². The van der Waals surface area contributed by atoms with Gasteiger partial charge in [0.05, 0.1) is 5.02 Å². The molecule has 1 aliphatic heterocycles. The number of amides is 1. The number of carbonyl (C=O) groups is 1. The molecule has 1 aromatic heterocycles. The highest BCUT2D eigenvalue weighted by atomic mass is 35.5. The molecule has 4 nitrogen and oxygen atoms in total. The minimum absolute atomic E-state index is 0.0207. The zero-order valence-corrected chi connectivity index (χ0v) is 13.7. The normalized spacial score (nSPS) is 16.4. The molecule has 5 heteroatoms. The van der Waals surface area contributed by atoms with Crippen molar-refractivity contribution in [3.05, 3.63) is 34.5 Å². The van der Waals surface area contributed by atoms with Crippen molar-refractivity contribution in [1.82, 2.24) is 10.2 Å². The zero-order chi connectivity index (χ0) is 15.7. The number of carbonyl (C=O) groups excluding carboxylic acids is 1. The van der Waals surface area contributed by atoms with Crippen molar-refractivity contribution in [2.45, 2.75) is 19.8 Å². The third-order valence-corrected chi connectivity index (χ3v) is 4.80. The number of nitrogens with one attached hydrogen (secondary N) is 1. The summed E-state index contributed by atoms with van der Waals surface area (Å²) in [7, 11) is 1.97. The Kier molecular flexibility index (Phi) is 4.41. The summed E-state index contributed by atoms with van der Waals surface area (Å²) in [4.78, 5) is 14.6. The maximum absolute atomic E-state index is 12.7. The number of piperidine rings is 1. The number of benzene rings is 1. The SMILES string of the molecule is CNCC1CCN(C(=O)c2oc3c(Cl)cccc3c2C)CC1. The molecule has 22 heavy (non-hydrogen) atoms. The molecule has 1 aliphatic rings. The van der Waals surface area contributed by atoms with E-state index in [1.54, 1.807) is 6.07 Å². The lowest BCUT2D eigenvalue weighted by atomic mass is 9.96. The van der Waals surface area contributed by atoms with Gasteiger partial charge in [-0.3, -0.25) is 4.79 Å². The van der Waals surface area contributed by atoms with Gasteiger partial charge in [-0.05, 0) is 45.3 Å². The van der Waals surface area contributed by atoms with Crippen LogP contribution in [0.15, 0.2) is 22.6 Å². The lowest BCUT2D eigenvalue weighted by Crippen LogP contribution is -2.40. The highest BCUT2D eigenvalue weighted by Gasteiger charge is 2.27. The average Bonchev–Trinajstić information content (AvgIpc) is 2.87. The van der Waals surface area contributed by atoms with Crippen molar-refractivity contribution in [3.63, 3.8) is 0 Å². The minimum Gasteiger partial charge on any atom is -0.449 e. The number of nitrogens with zero attached hydrogens (tertiary/aromatic N) is 1. The number of hydrogen-bond donors (Lipinski definition) is 1. The predicted octanol–water partition coefficient (Wildman–Crippen LogP) is 3.47.